The van der Waals surface area contributed by atoms with Crippen molar-refractivity contribution >= 4 is 34.4 Å². The quantitative estimate of drug-likeness (QED) is 0.234. The molecule has 1 saturated heterocycles. The lowest BCUT2D eigenvalue weighted by molar-refractivity contribution is -0.132. The number of nitrogens with one attached hydrogen (secondary N) is 1. The van der Waals surface area contributed by atoms with E-state index in [1.165, 1.54) is 30.2 Å². The number of halogens is 1. The fourth-order valence-corrected chi connectivity index (χ4v) is 4.47. The largest absolute Gasteiger partial charge is 0.507 e. The van der Waals surface area contributed by atoms with Gasteiger partial charge in [-0.1, -0.05) is 12.1 Å². The molecule has 182 valence electrons. The first-order chi connectivity index (χ1) is 17.2. The summed E-state index contributed by atoms with van der Waals surface area (Å²) in [5, 5.41) is 11.2. The van der Waals surface area contributed by atoms with Crippen molar-refractivity contribution in [3.8, 4) is 5.75 Å². The number of fused-ring (bicyclic) bond motifs is 1. The molecule has 5 rings (SSSR count). The second kappa shape index (κ2) is 8.64. The number of carbonyl (C=O) groups is 2. The first kappa shape index (κ1) is 23.3. The summed E-state index contributed by atoms with van der Waals surface area (Å²) in [7, 11) is 1.54. The number of aromatic nitrogens is 2. The number of ether oxygens (including phenoxy) is 1. The Morgan fingerprint density at radius 2 is 1.69 bits per heavy atom. The maximum Gasteiger partial charge on any atom is 0.302 e. The molecule has 1 aliphatic heterocycles. The molecule has 7 nitrogen and oxygen atoms in total. The van der Waals surface area contributed by atoms with E-state index < -0.39 is 23.5 Å². The Hall–Kier alpha value is -4.46. The van der Waals surface area contributed by atoms with Gasteiger partial charge in [0, 0.05) is 5.56 Å². The fraction of sp³-hybridized carbons (Fsp3) is 0.179. The van der Waals surface area contributed by atoms with E-state index >= 15 is 0 Å². The number of anilines is 1. The first-order valence-corrected chi connectivity index (χ1v) is 11.4. The van der Waals surface area contributed by atoms with Crippen molar-refractivity contribution in [2.45, 2.75) is 26.8 Å². The number of rotatable bonds is 4. The van der Waals surface area contributed by atoms with Crippen molar-refractivity contribution in [3.63, 3.8) is 0 Å². The number of ketones is 1. The maximum absolute atomic E-state index is 13.9. The average Bonchev–Trinajstić information content (AvgIpc) is 3.38. The number of aromatic amines is 1. The van der Waals surface area contributed by atoms with E-state index in [4.69, 9.17) is 4.74 Å². The van der Waals surface area contributed by atoms with Crippen LogP contribution in [0.3, 0.4) is 0 Å². The van der Waals surface area contributed by atoms with Crippen molar-refractivity contribution in [1.29, 1.82) is 0 Å². The lowest BCUT2D eigenvalue weighted by Crippen LogP contribution is -2.30. The molecule has 1 fully saturated rings. The molecule has 4 aromatic rings. The predicted octanol–water partition coefficient (Wildman–Crippen LogP) is 5.26. The van der Waals surface area contributed by atoms with E-state index in [-0.39, 0.29) is 22.8 Å². The monoisotopic (exact) mass is 485 g/mol. The molecule has 36 heavy (non-hydrogen) atoms. The third kappa shape index (κ3) is 3.71. The highest BCUT2D eigenvalue weighted by Gasteiger charge is 2.48. The number of aryl methyl sites for hydroxylation is 3. The summed E-state index contributed by atoms with van der Waals surface area (Å²) in [6, 6.07) is 13.8. The second-order valence-corrected chi connectivity index (χ2v) is 8.92. The molecular formula is C28H24FN3O4. The zero-order valence-electron chi connectivity index (χ0n) is 20.2. The minimum atomic E-state index is -0.968. The molecule has 0 spiro atoms. The number of nitrogens with zero attached hydrogens (tertiary/aromatic N) is 2. The Kier molecular flexibility index (Phi) is 5.59. The average molecular weight is 486 g/mol. The molecule has 1 aliphatic rings. The summed E-state index contributed by atoms with van der Waals surface area (Å²) in [5.74, 6) is -1.73. The number of H-pyrrole nitrogens is 1. The number of imidazole rings is 1. The van der Waals surface area contributed by atoms with Crippen LogP contribution in [0, 0.1) is 26.6 Å². The molecule has 1 amide bonds. The zero-order valence-corrected chi connectivity index (χ0v) is 20.2. The van der Waals surface area contributed by atoms with E-state index in [0.29, 0.717) is 22.4 Å². The van der Waals surface area contributed by atoms with Gasteiger partial charge in [-0.15, -0.1) is 0 Å². The van der Waals surface area contributed by atoms with Crippen molar-refractivity contribution in [2.24, 2.45) is 0 Å². The van der Waals surface area contributed by atoms with Crippen LogP contribution in [0.2, 0.25) is 0 Å². The van der Waals surface area contributed by atoms with Gasteiger partial charge in [0.25, 0.3) is 5.78 Å². The zero-order chi connectivity index (χ0) is 25.7. The van der Waals surface area contributed by atoms with Crippen molar-refractivity contribution in [3.05, 3.63) is 93.8 Å². The summed E-state index contributed by atoms with van der Waals surface area (Å²) < 4.78 is 19.1. The van der Waals surface area contributed by atoms with Crippen molar-refractivity contribution in [1.82, 2.24) is 9.97 Å². The third-order valence-corrected chi connectivity index (χ3v) is 6.62. The van der Waals surface area contributed by atoms with Gasteiger partial charge >= 0.3 is 5.91 Å². The summed E-state index contributed by atoms with van der Waals surface area (Å²) >= 11 is 0. The summed E-state index contributed by atoms with van der Waals surface area (Å²) in [6.07, 6.45) is 0. The number of benzene rings is 3. The molecule has 1 atom stereocenters. The molecule has 8 heteroatoms. The number of aliphatic hydroxyl groups excluding tert-OH is 1. The lowest BCUT2D eigenvalue weighted by Gasteiger charge is -2.23. The van der Waals surface area contributed by atoms with E-state index in [0.717, 1.165) is 16.6 Å². The minimum absolute atomic E-state index is 0.107. The van der Waals surface area contributed by atoms with E-state index in [1.54, 1.807) is 31.2 Å². The summed E-state index contributed by atoms with van der Waals surface area (Å²) in [5.41, 5.74) is 4.47. The molecule has 1 unspecified atom stereocenters. The molecule has 0 aliphatic carbocycles. The standard InChI is InChI=1S/C28H24FN3O4/c1-14-12-21-22(13-15(14)2)31-28(30-21)32-24(17-5-8-19(36-4)9-6-17)23(26(34)27(32)35)25(33)18-7-10-20(29)16(3)11-18/h5-13,24,33H,1-4H3,(H,30,31)/b25-23+. The molecule has 2 heterocycles. The van der Waals surface area contributed by atoms with E-state index in [1.807, 2.05) is 26.0 Å². The van der Waals surface area contributed by atoms with Crippen LogP contribution in [0.4, 0.5) is 10.3 Å². The molecule has 0 radical (unpaired) electrons. The van der Waals surface area contributed by atoms with Crippen LogP contribution in [0.5, 0.6) is 5.75 Å². The fourth-order valence-electron chi connectivity index (χ4n) is 4.47. The third-order valence-electron chi connectivity index (χ3n) is 6.62. The van der Waals surface area contributed by atoms with Gasteiger partial charge < -0.3 is 14.8 Å². The highest BCUT2D eigenvalue weighted by molar-refractivity contribution is 6.51. The lowest BCUT2D eigenvalue weighted by atomic mass is 9.95. The van der Waals surface area contributed by atoms with Crippen LogP contribution < -0.4 is 9.64 Å². The van der Waals surface area contributed by atoms with Gasteiger partial charge in [-0.3, -0.25) is 14.5 Å². The molecular weight excluding hydrogens is 461 g/mol. The Morgan fingerprint density at radius 3 is 2.36 bits per heavy atom. The molecule has 1 aromatic heterocycles. The van der Waals surface area contributed by atoms with Crippen LogP contribution >= 0.6 is 0 Å². The number of hydrogen-bond acceptors (Lipinski definition) is 5. The van der Waals surface area contributed by atoms with Gasteiger partial charge in [-0.05, 0) is 85.5 Å². The molecule has 3 aromatic carbocycles. The normalized spacial score (nSPS) is 17.2. The Morgan fingerprint density at radius 1 is 1.00 bits per heavy atom. The topological polar surface area (TPSA) is 95.5 Å². The van der Waals surface area contributed by atoms with Crippen molar-refractivity contribution < 1.29 is 23.8 Å². The number of amides is 1. The van der Waals surface area contributed by atoms with Gasteiger partial charge in [-0.2, -0.15) is 0 Å². The summed E-state index contributed by atoms with van der Waals surface area (Å²) in [6.45, 7) is 5.50. The maximum atomic E-state index is 13.9. The highest BCUT2D eigenvalue weighted by Crippen LogP contribution is 2.42. The van der Waals surface area contributed by atoms with Gasteiger partial charge in [0.1, 0.15) is 17.3 Å². The van der Waals surface area contributed by atoms with Crippen LogP contribution in [0.1, 0.15) is 33.9 Å². The number of carbonyl (C=O) groups excluding carboxylic acids is 2. The SMILES string of the molecule is COc1ccc(C2/C(=C(\O)c3ccc(F)c(C)c3)C(=O)C(=O)N2c2nc3cc(C)c(C)cc3[nH]2)cc1. The number of Topliss-reactive ketones (excluding diaryl/α,β-unsaturated/α-hetero) is 1. The molecule has 2 N–H and O–H groups in total. The van der Waals surface area contributed by atoms with Crippen LogP contribution in [0.25, 0.3) is 16.8 Å². The Bertz CT molecular complexity index is 1530. The van der Waals surface area contributed by atoms with Crippen LogP contribution in [0.15, 0.2) is 60.2 Å². The van der Waals surface area contributed by atoms with Crippen LogP contribution in [-0.4, -0.2) is 33.9 Å². The Balaban J connectivity index is 1.73. The second-order valence-electron chi connectivity index (χ2n) is 8.92. The molecule has 0 saturated carbocycles. The van der Waals surface area contributed by atoms with Gasteiger partial charge in [0.15, 0.2) is 0 Å². The predicted molar refractivity (Wildman–Crippen MR) is 134 cm³/mol. The smallest absolute Gasteiger partial charge is 0.302 e. The van der Waals surface area contributed by atoms with Gasteiger partial charge in [0.2, 0.25) is 5.95 Å². The highest BCUT2D eigenvalue weighted by atomic mass is 19.1. The number of methoxy groups -OCH3 is 1. The van der Waals surface area contributed by atoms with Gasteiger partial charge in [0.05, 0.1) is 29.8 Å². The number of aliphatic hydroxyl groups is 1. The van der Waals surface area contributed by atoms with E-state index in [2.05, 4.69) is 9.97 Å². The summed E-state index contributed by atoms with van der Waals surface area (Å²) in [4.78, 5) is 35.7. The number of hydrogen-bond donors (Lipinski definition) is 2. The van der Waals surface area contributed by atoms with E-state index in [9.17, 15) is 19.1 Å². The molecule has 0 bridgehead atoms. The van der Waals surface area contributed by atoms with Gasteiger partial charge in [-0.25, -0.2) is 9.37 Å². The van der Waals surface area contributed by atoms with Crippen LogP contribution in [-0.2, 0) is 9.59 Å². The first-order valence-electron chi connectivity index (χ1n) is 11.4. The Labute approximate surface area is 206 Å². The minimum Gasteiger partial charge on any atom is -0.507 e. The van der Waals surface area contributed by atoms with Crippen molar-refractivity contribution in [2.75, 3.05) is 12.0 Å².